The molecule has 0 bridgehead atoms. The van der Waals surface area contributed by atoms with E-state index in [0.717, 1.165) is 55.9 Å². The molecule has 214 valence electrons. The smallest absolute Gasteiger partial charge is 0.141 e. The van der Waals surface area contributed by atoms with E-state index in [-0.39, 0.29) is 0 Å². The Morgan fingerprint density at radius 2 is 0.957 bits per heavy atom. The summed E-state index contributed by atoms with van der Waals surface area (Å²) >= 11 is 0. The number of pyridine rings is 1. The average molecular weight is 586 g/mol. The monoisotopic (exact) mass is 585 g/mol. The molecule has 0 N–H and O–H groups in total. The third-order valence-electron chi connectivity index (χ3n) is 9.89. The van der Waals surface area contributed by atoms with Gasteiger partial charge in [-0.1, -0.05) is 146 Å². The SMILES string of the molecule is c1ccc(-c2cc(-c3cccc4c3-c3oc5ccccc5c3C43c4ccccc4-c4ccccc43)cc(-c3ccccc3)n2)cc1. The van der Waals surface area contributed by atoms with Crippen LogP contribution in [0.1, 0.15) is 22.3 Å². The van der Waals surface area contributed by atoms with Gasteiger partial charge in [0.05, 0.1) is 16.8 Å². The van der Waals surface area contributed by atoms with Crippen molar-refractivity contribution in [3.8, 4) is 56.1 Å². The van der Waals surface area contributed by atoms with Crippen molar-refractivity contribution in [1.29, 1.82) is 0 Å². The van der Waals surface area contributed by atoms with Gasteiger partial charge in [0.1, 0.15) is 11.3 Å². The van der Waals surface area contributed by atoms with Crippen molar-refractivity contribution in [2.24, 2.45) is 0 Å². The van der Waals surface area contributed by atoms with Crippen molar-refractivity contribution in [3.63, 3.8) is 0 Å². The van der Waals surface area contributed by atoms with Crippen LogP contribution in [0.25, 0.3) is 67.1 Å². The fourth-order valence-electron chi connectivity index (χ4n) is 8.07. The molecule has 2 aliphatic carbocycles. The number of fused-ring (bicyclic) bond motifs is 12. The molecule has 2 nitrogen and oxygen atoms in total. The molecule has 8 aromatic rings. The third kappa shape index (κ3) is 3.33. The zero-order valence-electron chi connectivity index (χ0n) is 24.9. The first-order chi connectivity index (χ1) is 22.8. The summed E-state index contributed by atoms with van der Waals surface area (Å²) in [5, 5.41) is 1.16. The van der Waals surface area contributed by atoms with Crippen LogP contribution in [-0.4, -0.2) is 4.98 Å². The summed E-state index contributed by atoms with van der Waals surface area (Å²) < 4.78 is 6.93. The summed E-state index contributed by atoms with van der Waals surface area (Å²) in [6.07, 6.45) is 0. The summed E-state index contributed by atoms with van der Waals surface area (Å²) in [7, 11) is 0. The second kappa shape index (κ2) is 9.50. The molecule has 0 atom stereocenters. The lowest BCUT2D eigenvalue weighted by atomic mass is 9.70. The van der Waals surface area contributed by atoms with Gasteiger partial charge in [-0.05, 0) is 57.1 Å². The van der Waals surface area contributed by atoms with Crippen molar-refractivity contribution in [1.82, 2.24) is 4.98 Å². The summed E-state index contributed by atoms with van der Waals surface area (Å²) in [6, 6.07) is 58.6. The molecule has 2 aliphatic rings. The predicted molar refractivity (Wildman–Crippen MR) is 187 cm³/mol. The van der Waals surface area contributed by atoms with Crippen molar-refractivity contribution in [2.75, 3.05) is 0 Å². The van der Waals surface area contributed by atoms with E-state index in [1.807, 2.05) is 0 Å². The van der Waals surface area contributed by atoms with Crippen molar-refractivity contribution >= 4 is 11.0 Å². The zero-order valence-corrected chi connectivity index (χ0v) is 24.9. The highest BCUT2D eigenvalue weighted by atomic mass is 16.3. The van der Waals surface area contributed by atoms with E-state index in [4.69, 9.17) is 9.40 Å². The molecule has 0 aliphatic heterocycles. The molecule has 0 radical (unpaired) electrons. The quantitative estimate of drug-likeness (QED) is 0.206. The third-order valence-corrected chi connectivity index (χ3v) is 9.89. The van der Waals surface area contributed by atoms with Crippen LogP contribution in [0.5, 0.6) is 0 Å². The number of hydrogen-bond donors (Lipinski definition) is 0. The van der Waals surface area contributed by atoms with Crippen LogP contribution >= 0.6 is 0 Å². The largest absolute Gasteiger partial charge is 0.456 e. The van der Waals surface area contributed by atoms with Crippen LogP contribution in [0.4, 0.5) is 0 Å². The van der Waals surface area contributed by atoms with Crippen molar-refractivity contribution in [2.45, 2.75) is 5.41 Å². The summed E-state index contributed by atoms with van der Waals surface area (Å²) in [5.74, 6) is 0.956. The molecule has 2 aromatic heterocycles. The van der Waals surface area contributed by atoms with Gasteiger partial charge in [-0.2, -0.15) is 0 Å². The molecule has 2 heterocycles. The van der Waals surface area contributed by atoms with E-state index < -0.39 is 5.41 Å². The van der Waals surface area contributed by atoms with E-state index in [1.54, 1.807) is 0 Å². The second-order valence-corrected chi connectivity index (χ2v) is 12.2. The first kappa shape index (κ1) is 25.3. The van der Waals surface area contributed by atoms with Gasteiger partial charge < -0.3 is 4.42 Å². The van der Waals surface area contributed by atoms with E-state index in [2.05, 4.69) is 164 Å². The van der Waals surface area contributed by atoms with Gasteiger partial charge in [-0.25, -0.2) is 4.98 Å². The van der Waals surface area contributed by atoms with Gasteiger partial charge in [-0.3, -0.25) is 0 Å². The first-order valence-electron chi connectivity index (χ1n) is 15.8. The molecule has 10 rings (SSSR count). The molecular formula is C44H27NO. The number of rotatable bonds is 3. The average Bonchev–Trinajstić information content (AvgIpc) is 3.76. The Morgan fingerprint density at radius 3 is 1.61 bits per heavy atom. The predicted octanol–water partition coefficient (Wildman–Crippen LogP) is 11.2. The molecule has 0 amide bonds. The van der Waals surface area contributed by atoms with Crippen LogP contribution in [0.2, 0.25) is 0 Å². The van der Waals surface area contributed by atoms with E-state index in [0.29, 0.717) is 0 Å². The minimum atomic E-state index is -0.488. The number of hydrogen-bond acceptors (Lipinski definition) is 2. The van der Waals surface area contributed by atoms with Gasteiger partial charge >= 0.3 is 0 Å². The van der Waals surface area contributed by atoms with E-state index in [1.165, 1.54) is 33.4 Å². The Kier molecular flexibility index (Phi) is 5.24. The highest BCUT2D eigenvalue weighted by Gasteiger charge is 2.54. The minimum Gasteiger partial charge on any atom is -0.456 e. The maximum Gasteiger partial charge on any atom is 0.141 e. The zero-order chi connectivity index (χ0) is 30.2. The Bertz CT molecular complexity index is 2370. The Labute approximate surface area is 267 Å². The first-order valence-corrected chi connectivity index (χ1v) is 15.8. The number of nitrogens with zero attached hydrogens (tertiary/aromatic N) is 1. The molecule has 0 unspecified atom stereocenters. The van der Waals surface area contributed by atoms with E-state index >= 15 is 0 Å². The molecule has 6 aromatic carbocycles. The van der Waals surface area contributed by atoms with Gasteiger partial charge in [0, 0.05) is 27.6 Å². The summed E-state index contributed by atoms with van der Waals surface area (Å²) in [4.78, 5) is 5.18. The maximum atomic E-state index is 6.93. The summed E-state index contributed by atoms with van der Waals surface area (Å²) in [6.45, 7) is 0. The molecule has 0 saturated carbocycles. The highest BCUT2D eigenvalue weighted by Crippen LogP contribution is 2.66. The lowest BCUT2D eigenvalue weighted by Gasteiger charge is -2.30. The standard InChI is InChI=1S/C44H27NO/c1-3-14-28(15-4-1)38-26-30(27-39(45-38)29-16-5-2-6-17-29)31-21-13-24-37-41(31)43-42(34-20-9-12-25-40(34)46-43)44(37)35-22-10-7-18-32(35)33-19-8-11-23-36(33)44/h1-27H. The topological polar surface area (TPSA) is 26.0 Å². The van der Waals surface area contributed by atoms with Crippen LogP contribution in [0, 0.1) is 0 Å². The lowest BCUT2D eigenvalue weighted by molar-refractivity contribution is 0.629. The Hall–Kier alpha value is -5.99. The van der Waals surface area contributed by atoms with Crippen molar-refractivity contribution < 1.29 is 4.42 Å². The van der Waals surface area contributed by atoms with Crippen LogP contribution in [0.3, 0.4) is 0 Å². The van der Waals surface area contributed by atoms with Crippen LogP contribution in [-0.2, 0) is 5.41 Å². The molecule has 1 spiro atoms. The Balaban J connectivity index is 1.33. The second-order valence-electron chi connectivity index (χ2n) is 12.2. The number of para-hydroxylation sites is 1. The molecule has 2 heteroatoms. The summed E-state index contributed by atoms with van der Waals surface area (Å²) in [5.41, 5.74) is 15.6. The van der Waals surface area contributed by atoms with Crippen molar-refractivity contribution in [3.05, 3.63) is 186 Å². The number of aromatic nitrogens is 1. The fourth-order valence-corrected chi connectivity index (χ4v) is 8.07. The van der Waals surface area contributed by atoms with E-state index in [9.17, 15) is 0 Å². The minimum absolute atomic E-state index is 0.488. The lowest BCUT2D eigenvalue weighted by Crippen LogP contribution is -2.25. The van der Waals surface area contributed by atoms with Gasteiger partial charge in [0.25, 0.3) is 0 Å². The Morgan fingerprint density at radius 1 is 0.435 bits per heavy atom. The molecular weight excluding hydrogens is 558 g/mol. The van der Waals surface area contributed by atoms with Gasteiger partial charge in [-0.15, -0.1) is 0 Å². The number of furan rings is 1. The molecule has 46 heavy (non-hydrogen) atoms. The van der Waals surface area contributed by atoms with Gasteiger partial charge in [0.15, 0.2) is 0 Å². The molecule has 0 saturated heterocycles. The fraction of sp³-hybridized carbons (Fsp3) is 0.0227. The van der Waals surface area contributed by atoms with Gasteiger partial charge in [0.2, 0.25) is 0 Å². The van der Waals surface area contributed by atoms with Crippen LogP contribution < -0.4 is 0 Å². The van der Waals surface area contributed by atoms with Crippen LogP contribution in [0.15, 0.2) is 168 Å². The molecule has 0 fully saturated rings. The highest BCUT2D eigenvalue weighted by molar-refractivity contribution is 6.05. The normalized spacial score (nSPS) is 13.4. The number of benzene rings is 6. The maximum absolute atomic E-state index is 6.93.